The van der Waals surface area contributed by atoms with Gasteiger partial charge >= 0.3 is 0 Å². The number of rotatable bonds is 5. The highest BCUT2D eigenvalue weighted by Crippen LogP contribution is 2.35. The molecule has 7 nitrogen and oxygen atoms in total. The summed E-state index contributed by atoms with van der Waals surface area (Å²) < 4.78 is 16.4. The minimum absolute atomic E-state index is 0.576. The van der Waals surface area contributed by atoms with Crippen molar-refractivity contribution in [1.29, 1.82) is 0 Å². The van der Waals surface area contributed by atoms with Crippen LogP contribution < -0.4 is 9.47 Å². The molecular formula is C18H20N4O3. The Hall–Kier alpha value is -2.80. The molecule has 7 heteroatoms. The molecule has 4 rings (SSSR count). The maximum Gasteiger partial charge on any atom is 0.162 e. The van der Waals surface area contributed by atoms with Gasteiger partial charge in [0, 0.05) is 30.3 Å². The number of hydrogen-bond donors (Lipinski definition) is 1. The van der Waals surface area contributed by atoms with Gasteiger partial charge in [-0.1, -0.05) is 5.16 Å². The number of nitrogens with zero attached hydrogens (tertiary/aromatic N) is 3. The molecule has 130 valence electrons. The zero-order valence-electron chi connectivity index (χ0n) is 14.3. The predicted molar refractivity (Wildman–Crippen MR) is 91.4 cm³/mol. The molecule has 0 saturated heterocycles. The van der Waals surface area contributed by atoms with Crippen molar-refractivity contribution in [2.24, 2.45) is 0 Å². The third kappa shape index (κ3) is 3.36. The van der Waals surface area contributed by atoms with Crippen LogP contribution in [-0.4, -0.2) is 40.5 Å². The first-order valence-corrected chi connectivity index (χ1v) is 8.22. The van der Waals surface area contributed by atoms with E-state index in [1.165, 1.54) is 0 Å². The topological polar surface area (TPSA) is 76.4 Å². The van der Waals surface area contributed by atoms with E-state index in [-0.39, 0.29) is 0 Å². The molecule has 0 bridgehead atoms. The highest BCUT2D eigenvalue weighted by atomic mass is 16.6. The van der Waals surface area contributed by atoms with Crippen molar-refractivity contribution in [3.05, 3.63) is 47.5 Å². The number of aromatic nitrogens is 3. The highest BCUT2D eigenvalue weighted by Gasteiger charge is 2.16. The van der Waals surface area contributed by atoms with Crippen LogP contribution in [0.2, 0.25) is 0 Å². The van der Waals surface area contributed by atoms with Gasteiger partial charge in [-0.05, 0) is 32.2 Å². The Morgan fingerprint density at radius 3 is 2.76 bits per heavy atom. The molecule has 0 unspecified atom stereocenters. The zero-order valence-corrected chi connectivity index (χ0v) is 14.3. The van der Waals surface area contributed by atoms with E-state index in [4.69, 9.17) is 14.0 Å². The van der Waals surface area contributed by atoms with E-state index in [1.807, 2.05) is 44.4 Å². The van der Waals surface area contributed by atoms with E-state index in [9.17, 15) is 0 Å². The second-order valence-electron chi connectivity index (χ2n) is 6.23. The van der Waals surface area contributed by atoms with E-state index < -0.39 is 0 Å². The Labute approximate surface area is 145 Å². The number of aryl methyl sites for hydroxylation is 1. The summed E-state index contributed by atoms with van der Waals surface area (Å²) in [6.07, 6.45) is 1.86. The van der Waals surface area contributed by atoms with Crippen LogP contribution in [0, 0.1) is 6.92 Å². The maximum atomic E-state index is 5.68. The van der Waals surface area contributed by atoms with E-state index in [1.54, 1.807) is 0 Å². The second-order valence-corrected chi connectivity index (χ2v) is 6.23. The van der Waals surface area contributed by atoms with E-state index in [2.05, 4.69) is 20.3 Å². The normalized spacial score (nSPS) is 13.4. The first-order valence-electron chi connectivity index (χ1n) is 8.22. The summed E-state index contributed by atoms with van der Waals surface area (Å²) in [5.74, 6) is 2.38. The number of nitrogens with one attached hydrogen (secondary N) is 1. The Morgan fingerprint density at radius 1 is 1.12 bits per heavy atom. The van der Waals surface area contributed by atoms with Gasteiger partial charge in [0.2, 0.25) is 0 Å². The van der Waals surface area contributed by atoms with Gasteiger partial charge in [-0.25, -0.2) is 0 Å². The number of aromatic amines is 1. The van der Waals surface area contributed by atoms with Crippen LogP contribution in [0.5, 0.6) is 11.5 Å². The Balaban J connectivity index is 1.52. The van der Waals surface area contributed by atoms with Gasteiger partial charge in [0.15, 0.2) is 11.5 Å². The zero-order chi connectivity index (χ0) is 17.2. The van der Waals surface area contributed by atoms with Crippen molar-refractivity contribution in [2.75, 3.05) is 20.3 Å². The fourth-order valence-electron chi connectivity index (χ4n) is 3.00. The van der Waals surface area contributed by atoms with Crippen LogP contribution in [0.15, 0.2) is 35.0 Å². The molecule has 0 radical (unpaired) electrons. The molecule has 0 saturated carbocycles. The first-order chi connectivity index (χ1) is 12.2. The first kappa shape index (κ1) is 15.7. The average molecular weight is 340 g/mol. The summed E-state index contributed by atoms with van der Waals surface area (Å²) in [4.78, 5) is 2.17. The lowest BCUT2D eigenvalue weighted by Gasteiger charge is -2.19. The van der Waals surface area contributed by atoms with Gasteiger partial charge in [-0.2, -0.15) is 5.10 Å². The molecular weight excluding hydrogens is 320 g/mol. The predicted octanol–water partition coefficient (Wildman–Crippen LogP) is 2.78. The average Bonchev–Trinajstić information content (AvgIpc) is 3.23. The molecule has 3 aromatic rings. The molecule has 0 atom stereocenters. The lowest BCUT2D eigenvalue weighted by molar-refractivity contribution is 0.171. The summed E-state index contributed by atoms with van der Waals surface area (Å²) in [7, 11) is 2.05. The molecule has 1 aromatic carbocycles. The van der Waals surface area contributed by atoms with Crippen molar-refractivity contribution in [3.8, 4) is 22.8 Å². The molecule has 3 heterocycles. The molecule has 0 aliphatic carbocycles. The number of H-pyrrole nitrogens is 1. The number of benzene rings is 1. The van der Waals surface area contributed by atoms with Crippen molar-refractivity contribution >= 4 is 0 Å². The SMILES string of the molecule is Cc1cc(CN(C)Cc2cn[nH]c2-c2ccc3c(c2)OCCO3)no1. The number of ether oxygens (including phenoxy) is 2. The second kappa shape index (κ2) is 6.60. The lowest BCUT2D eigenvalue weighted by atomic mass is 10.1. The van der Waals surface area contributed by atoms with Crippen LogP contribution in [0.3, 0.4) is 0 Å². The van der Waals surface area contributed by atoms with Crippen molar-refractivity contribution in [3.63, 3.8) is 0 Å². The third-order valence-corrected chi connectivity index (χ3v) is 4.10. The highest BCUT2D eigenvalue weighted by molar-refractivity contribution is 5.66. The van der Waals surface area contributed by atoms with Gasteiger partial charge in [0.1, 0.15) is 19.0 Å². The number of fused-ring (bicyclic) bond motifs is 1. The summed E-state index contributed by atoms with van der Waals surface area (Å²) in [6, 6.07) is 7.90. The summed E-state index contributed by atoms with van der Waals surface area (Å²) in [6.45, 7) is 4.52. The summed E-state index contributed by atoms with van der Waals surface area (Å²) in [5, 5.41) is 11.4. The van der Waals surface area contributed by atoms with E-state index in [0.29, 0.717) is 19.8 Å². The van der Waals surface area contributed by atoms with E-state index in [0.717, 1.165) is 46.3 Å². The van der Waals surface area contributed by atoms with Crippen LogP contribution in [0.4, 0.5) is 0 Å². The standard InChI is InChI=1S/C18H20N4O3/c1-12-7-15(21-25-12)11-22(2)10-14-9-19-20-18(14)13-3-4-16-17(8-13)24-6-5-23-16/h3-4,7-9H,5-6,10-11H2,1-2H3,(H,19,20). The van der Waals surface area contributed by atoms with Gasteiger partial charge < -0.3 is 14.0 Å². The monoisotopic (exact) mass is 340 g/mol. The van der Waals surface area contributed by atoms with Crippen LogP contribution in [0.25, 0.3) is 11.3 Å². The lowest BCUT2D eigenvalue weighted by Crippen LogP contribution is -2.17. The van der Waals surface area contributed by atoms with Crippen molar-refractivity contribution in [1.82, 2.24) is 20.3 Å². The summed E-state index contributed by atoms with van der Waals surface area (Å²) >= 11 is 0. The smallest absolute Gasteiger partial charge is 0.162 e. The Bertz CT molecular complexity index is 871. The Morgan fingerprint density at radius 2 is 1.96 bits per heavy atom. The third-order valence-electron chi connectivity index (χ3n) is 4.10. The van der Waals surface area contributed by atoms with Crippen LogP contribution >= 0.6 is 0 Å². The molecule has 0 fully saturated rings. The Kier molecular flexibility index (Phi) is 4.15. The fraction of sp³-hybridized carbons (Fsp3) is 0.333. The van der Waals surface area contributed by atoms with E-state index >= 15 is 0 Å². The minimum atomic E-state index is 0.576. The molecule has 0 spiro atoms. The molecule has 25 heavy (non-hydrogen) atoms. The van der Waals surface area contributed by atoms with Crippen LogP contribution in [0.1, 0.15) is 17.0 Å². The molecule has 2 aromatic heterocycles. The molecule has 1 N–H and O–H groups in total. The molecule has 1 aliphatic rings. The van der Waals surface area contributed by atoms with Gasteiger partial charge in [0.25, 0.3) is 0 Å². The van der Waals surface area contributed by atoms with Crippen LogP contribution in [-0.2, 0) is 13.1 Å². The largest absolute Gasteiger partial charge is 0.486 e. The fourth-order valence-corrected chi connectivity index (χ4v) is 3.00. The molecule has 1 aliphatic heterocycles. The maximum absolute atomic E-state index is 5.68. The quantitative estimate of drug-likeness (QED) is 0.770. The van der Waals surface area contributed by atoms with Crippen molar-refractivity contribution < 1.29 is 14.0 Å². The summed E-state index contributed by atoms with van der Waals surface area (Å²) in [5.41, 5.74) is 4.05. The van der Waals surface area contributed by atoms with Gasteiger partial charge in [-0.15, -0.1) is 0 Å². The van der Waals surface area contributed by atoms with Gasteiger partial charge in [0.05, 0.1) is 17.6 Å². The van der Waals surface area contributed by atoms with Crippen molar-refractivity contribution in [2.45, 2.75) is 20.0 Å². The molecule has 0 amide bonds. The minimum Gasteiger partial charge on any atom is -0.486 e. The van der Waals surface area contributed by atoms with Gasteiger partial charge in [-0.3, -0.25) is 10.00 Å². The number of hydrogen-bond acceptors (Lipinski definition) is 6.